The molecule has 164 valence electrons. The molecule has 5 nitrogen and oxygen atoms in total. The van der Waals surface area contributed by atoms with Gasteiger partial charge in [-0.1, -0.05) is 83.3 Å². The molecule has 0 aliphatic rings. The Bertz CT molecular complexity index is 654. The summed E-state index contributed by atoms with van der Waals surface area (Å²) >= 11 is 0. The topological polar surface area (TPSA) is 43.2 Å². The van der Waals surface area contributed by atoms with Crippen molar-refractivity contribution >= 4 is 11.0 Å². The molecule has 0 saturated carbocycles. The van der Waals surface area contributed by atoms with Gasteiger partial charge in [0.2, 0.25) is 0 Å². The molecule has 0 atom stereocenters. The van der Waals surface area contributed by atoms with E-state index < -0.39 is 0 Å². The first kappa shape index (κ1) is 23.7. The van der Waals surface area contributed by atoms with E-state index in [0.29, 0.717) is 0 Å². The van der Waals surface area contributed by atoms with Crippen LogP contribution >= 0.6 is 0 Å². The number of nitrogens with zero attached hydrogens (tertiary/aromatic N) is 4. The van der Waals surface area contributed by atoms with E-state index >= 15 is 0 Å². The number of methoxy groups -OCH3 is 1. The van der Waals surface area contributed by atoms with Crippen LogP contribution in [0.1, 0.15) is 90.9 Å². The van der Waals surface area contributed by atoms with E-state index in [9.17, 15) is 0 Å². The van der Waals surface area contributed by atoms with Crippen LogP contribution < -0.4 is 4.74 Å². The van der Waals surface area contributed by atoms with E-state index in [1.165, 1.54) is 77.0 Å². The fourth-order valence-electron chi connectivity index (χ4n) is 3.85. The zero-order valence-electron chi connectivity index (χ0n) is 19.0. The van der Waals surface area contributed by atoms with Gasteiger partial charge in [0.15, 0.2) is 0 Å². The maximum Gasteiger partial charge on any atom is 0.121 e. The Morgan fingerprint density at radius 3 is 2.00 bits per heavy atom. The van der Waals surface area contributed by atoms with Crippen LogP contribution in [0.25, 0.3) is 11.0 Å². The van der Waals surface area contributed by atoms with Gasteiger partial charge in [-0.05, 0) is 38.1 Å². The maximum atomic E-state index is 5.39. The molecule has 1 aromatic heterocycles. The van der Waals surface area contributed by atoms with Crippen LogP contribution in [0, 0.1) is 0 Å². The molecule has 0 aliphatic heterocycles. The molecule has 2 rings (SSSR count). The summed E-state index contributed by atoms with van der Waals surface area (Å²) in [7, 11) is 1.71. The molecule has 0 fully saturated rings. The molecule has 0 aliphatic carbocycles. The van der Waals surface area contributed by atoms with Gasteiger partial charge >= 0.3 is 0 Å². The molecule has 0 spiro atoms. The van der Waals surface area contributed by atoms with E-state index in [4.69, 9.17) is 4.74 Å². The highest BCUT2D eigenvalue weighted by Crippen LogP contribution is 2.19. The van der Waals surface area contributed by atoms with Crippen molar-refractivity contribution in [1.82, 2.24) is 19.9 Å². The first-order chi connectivity index (χ1) is 14.3. The Morgan fingerprint density at radius 1 is 0.828 bits per heavy atom. The molecule has 0 bridgehead atoms. The lowest BCUT2D eigenvalue weighted by molar-refractivity contribution is 0.199. The van der Waals surface area contributed by atoms with Gasteiger partial charge in [-0.15, -0.1) is 5.10 Å². The molecule has 0 amide bonds. The Morgan fingerprint density at radius 2 is 1.41 bits per heavy atom. The summed E-state index contributed by atoms with van der Waals surface area (Å²) < 4.78 is 7.43. The van der Waals surface area contributed by atoms with Crippen LogP contribution in [-0.2, 0) is 6.67 Å². The van der Waals surface area contributed by atoms with Crippen molar-refractivity contribution in [3.05, 3.63) is 18.2 Å². The quantitative estimate of drug-likeness (QED) is 0.286. The Balaban J connectivity index is 1.89. The Labute approximate surface area is 177 Å². The third-order valence-corrected chi connectivity index (χ3v) is 5.71. The summed E-state index contributed by atoms with van der Waals surface area (Å²) in [5.41, 5.74) is 1.99. The minimum atomic E-state index is 0.813. The molecular formula is C24H42N4O. The number of hydrogen-bond donors (Lipinski definition) is 0. The average Bonchev–Trinajstić information content (AvgIpc) is 3.14. The van der Waals surface area contributed by atoms with Crippen molar-refractivity contribution in [1.29, 1.82) is 0 Å². The van der Waals surface area contributed by atoms with Gasteiger partial charge in [-0.25, -0.2) is 4.68 Å². The normalized spacial score (nSPS) is 11.6. The monoisotopic (exact) mass is 402 g/mol. The van der Waals surface area contributed by atoms with Crippen molar-refractivity contribution in [2.45, 2.75) is 97.6 Å². The summed E-state index contributed by atoms with van der Waals surface area (Å²) in [5.74, 6) is 0.861. The highest BCUT2D eigenvalue weighted by molar-refractivity contribution is 5.75. The highest BCUT2D eigenvalue weighted by atomic mass is 16.5. The van der Waals surface area contributed by atoms with E-state index in [1.54, 1.807) is 7.11 Å². The van der Waals surface area contributed by atoms with Gasteiger partial charge in [0.25, 0.3) is 0 Å². The number of ether oxygens (including phenoxy) is 1. The number of unbranched alkanes of at least 4 members (excludes halogenated alkanes) is 10. The van der Waals surface area contributed by atoms with Gasteiger partial charge < -0.3 is 4.74 Å². The minimum Gasteiger partial charge on any atom is -0.497 e. The van der Waals surface area contributed by atoms with Crippen molar-refractivity contribution in [3.63, 3.8) is 0 Å². The first-order valence-corrected chi connectivity index (χ1v) is 11.9. The second-order valence-corrected chi connectivity index (χ2v) is 8.24. The fraction of sp³-hybridized carbons (Fsp3) is 0.750. The number of benzene rings is 1. The van der Waals surface area contributed by atoms with Crippen molar-refractivity contribution in [2.24, 2.45) is 0 Å². The molecule has 1 heterocycles. The van der Waals surface area contributed by atoms with Crippen LogP contribution in [0.4, 0.5) is 0 Å². The molecule has 29 heavy (non-hydrogen) atoms. The molecular weight excluding hydrogens is 360 g/mol. The molecule has 2 aromatic rings. The second kappa shape index (κ2) is 14.4. The molecule has 0 saturated heterocycles. The Hall–Kier alpha value is -1.62. The summed E-state index contributed by atoms with van der Waals surface area (Å²) in [6.07, 6.45) is 16.1. The number of rotatable bonds is 17. The van der Waals surface area contributed by atoms with Gasteiger partial charge in [-0.2, -0.15) is 0 Å². The van der Waals surface area contributed by atoms with Crippen LogP contribution in [0.2, 0.25) is 0 Å². The molecule has 0 N–H and O–H groups in total. The zero-order valence-corrected chi connectivity index (χ0v) is 19.0. The zero-order chi connectivity index (χ0) is 20.7. The molecule has 0 radical (unpaired) electrons. The number of aromatic nitrogens is 3. The number of hydrogen-bond acceptors (Lipinski definition) is 4. The van der Waals surface area contributed by atoms with Crippen LogP contribution in [0.15, 0.2) is 18.2 Å². The van der Waals surface area contributed by atoms with E-state index in [1.807, 2.05) is 22.9 Å². The van der Waals surface area contributed by atoms with Gasteiger partial charge in [0.1, 0.15) is 11.3 Å². The summed E-state index contributed by atoms with van der Waals surface area (Å²) in [6.45, 7) is 7.66. The van der Waals surface area contributed by atoms with Crippen LogP contribution in [0.5, 0.6) is 5.75 Å². The standard InChI is InChI=1S/C24H42N4O/c1-4-6-8-10-12-14-18-27(19-15-13-11-9-7-5-2)21-28-24-20-22(29-3)16-17-23(24)25-26-28/h16-17,20H,4-15,18-19,21H2,1-3H3. The van der Waals surface area contributed by atoms with Crippen molar-refractivity contribution < 1.29 is 4.74 Å². The van der Waals surface area contributed by atoms with Crippen molar-refractivity contribution in [3.8, 4) is 5.75 Å². The lowest BCUT2D eigenvalue weighted by atomic mass is 10.1. The summed E-state index contributed by atoms with van der Waals surface area (Å²) in [4.78, 5) is 2.56. The predicted molar refractivity (Wildman–Crippen MR) is 122 cm³/mol. The molecule has 5 heteroatoms. The number of fused-ring (bicyclic) bond motifs is 1. The van der Waals surface area contributed by atoms with E-state index in [-0.39, 0.29) is 0 Å². The molecule has 0 unspecified atom stereocenters. The van der Waals surface area contributed by atoms with E-state index in [2.05, 4.69) is 29.1 Å². The lowest BCUT2D eigenvalue weighted by Crippen LogP contribution is -2.29. The largest absolute Gasteiger partial charge is 0.497 e. The summed E-state index contributed by atoms with van der Waals surface area (Å²) in [6, 6.07) is 5.98. The van der Waals surface area contributed by atoms with E-state index in [0.717, 1.165) is 36.5 Å². The van der Waals surface area contributed by atoms with Crippen molar-refractivity contribution in [2.75, 3.05) is 20.2 Å². The Kier molecular flexibility index (Phi) is 11.7. The SMILES string of the molecule is CCCCCCCCN(CCCCCCCC)Cn1nnc2ccc(OC)cc21. The van der Waals surface area contributed by atoms with Gasteiger partial charge in [0.05, 0.1) is 19.3 Å². The summed E-state index contributed by atoms with van der Waals surface area (Å²) in [5, 5.41) is 8.76. The lowest BCUT2D eigenvalue weighted by Gasteiger charge is -2.22. The first-order valence-electron chi connectivity index (χ1n) is 11.9. The minimum absolute atomic E-state index is 0.813. The van der Waals surface area contributed by atoms with Gasteiger partial charge in [-0.3, -0.25) is 4.90 Å². The highest BCUT2D eigenvalue weighted by Gasteiger charge is 2.11. The smallest absolute Gasteiger partial charge is 0.121 e. The maximum absolute atomic E-state index is 5.39. The fourth-order valence-corrected chi connectivity index (χ4v) is 3.85. The van der Waals surface area contributed by atoms with Crippen LogP contribution in [0.3, 0.4) is 0 Å². The third-order valence-electron chi connectivity index (χ3n) is 5.71. The predicted octanol–water partition coefficient (Wildman–Crippen LogP) is 6.42. The second-order valence-electron chi connectivity index (χ2n) is 8.24. The molecule has 1 aromatic carbocycles. The van der Waals surface area contributed by atoms with Crippen LogP contribution in [-0.4, -0.2) is 40.1 Å². The third kappa shape index (κ3) is 8.73. The van der Waals surface area contributed by atoms with Gasteiger partial charge in [0, 0.05) is 6.07 Å². The average molecular weight is 403 g/mol.